The number of hydrogen-bond donors (Lipinski definition) is 6. The van der Waals surface area contributed by atoms with E-state index in [0.29, 0.717) is 0 Å². The van der Waals surface area contributed by atoms with Crippen molar-refractivity contribution in [1.29, 1.82) is 0 Å². The lowest BCUT2D eigenvalue weighted by atomic mass is 10.2. The molecule has 3 atom stereocenters. The Kier molecular flexibility index (Phi) is 4.97. The third-order valence-electron chi connectivity index (χ3n) is 3.15. The van der Waals surface area contributed by atoms with E-state index in [-0.39, 0.29) is 12.0 Å². The predicted octanol–water partition coefficient (Wildman–Crippen LogP) is -2.38. The number of nitrogens with one attached hydrogen (secondary N) is 1. The van der Waals surface area contributed by atoms with Crippen LogP contribution >= 0.6 is 7.82 Å². The number of aliphatic hydroxyl groups is 2. The minimum absolute atomic E-state index is 0.00960. The molecule has 0 radical (unpaired) electrons. The molecule has 1 aliphatic heterocycles. The number of aromatic nitrogens is 2. The number of phosphoric ester groups is 1. The van der Waals surface area contributed by atoms with Gasteiger partial charge in [0.05, 0.1) is 19.3 Å². The first kappa shape index (κ1) is 17.0. The predicted molar refractivity (Wildman–Crippen MR) is 67.4 cm³/mol. The van der Waals surface area contributed by atoms with Gasteiger partial charge in [0.25, 0.3) is 0 Å². The summed E-state index contributed by atoms with van der Waals surface area (Å²) < 4.78 is 21.4. The van der Waals surface area contributed by atoms with Crippen LogP contribution in [0.3, 0.4) is 0 Å². The van der Waals surface area contributed by atoms with E-state index < -0.39 is 51.0 Å². The van der Waals surface area contributed by atoms with E-state index in [2.05, 4.69) is 9.51 Å². The summed E-state index contributed by atoms with van der Waals surface area (Å²) in [5, 5.41) is 28.6. The van der Waals surface area contributed by atoms with Crippen molar-refractivity contribution < 1.29 is 43.5 Å². The van der Waals surface area contributed by atoms with E-state index in [9.17, 15) is 19.6 Å². The fourth-order valence-electron chi connectivity index (χ4n) is 2.07. The number of H-pyrrole nitrogens is 1. The number of aromatic amines is 1. The molecule has 1 saturated heterocycles. The van der Waals surface area contributed by atoms with Gasteiger partial charge in [-0.15, -0.1) is 0 Å². The zero-order valence-electron chi connectivity index (χ0n) is 11.2. The van der Waals surface area contributed by atoms with Gasteiger partial charge in [-0.05, 0) is 0 Å². The number of phosphoric acid groups is 1. The highest BCUT2D eigenvalue weighted by Gasteiger charge is 2.40. The molecule has 0 aromatic carbocycles. The molecule has 0 amide bonds. The van der Waals surface area contributed by atoms with Gasteiger partial charge in [0.15, 0.2) is 0 Å². The van der Waals surface area contributed by atoms with Crippen molar-refractivity contribution in [2.24, 2.45) is 0 Å². The largest absolute Gasteiger partial charge is 0.469 e. The Hall–Kier alpha value is -1.33. The molecule has 11 nitrogen and oxygen atoms in total. The van der Waals surface area contributed by atoms with Crippen LogP contribution < -0.4 is 10.1 Å². The first-order valence-corrected chi connectivity index (χ1v) is 7.75. The van der Waals surface area contributed by atoms with Crippen LogP contribution in [0.2, 0.25) is 0 Å². The van der Waals surface area contributed by atoms with Gasteiger partial charge in [-0.3, -0.25) is 4.52 Å². The van der Waals surface area contributed by atoms with Crippen LogP contribution in [0.15, 0.2) is 11.0 Å². The van der Waals surface area contributed by atoms with Crippen LogP contribution in [0.4, 0.5) is 0 Å². The summed E-state index contributed by atoms with van der Waals surface area (Å²) in [7, 11) is -4.69. The normalized spacial score (nSPS) is 25.5. The summed E-state index contributed by atoms with van der Waals surface area (Å²) in [4.78, 5) is 30.8. The summed E-state index contributed by atoms with van der Waals surface area (Å²) in [6.07, 6.45) is -1.85. The van der Waals surface area contributed by atoms with E-state index >= 15 is 0 Å². The molecule has 0 bridgehead atoms. The zero-order valence-corrected chi connectivity index (χ0v) is 12.1. The van der Waals surface area contributed by atoms with E-state index in [1.165, 1.54) is 0 Å². The fourth-order valence-corrected chi connectivity index (χ4v) is 2.41. The molecule has 1 aromatic heterocycles. The molecular formula is C10H16N2O9P+. The van der Waals surface area contributed by atoms with Gasteiger partial charge < -0.3 is 29.8 Å². The van der Waals surface area contributed by atoms with Gasteiger partial charge >= 0.3 is 19.4 Å². The molecule has 2 heterocycles. The molecule has 124 valence electrons. The number of aliphatic hydroxyl groups excluding tert-OH is 2. The van der Waals surface area contributed by atoms with Crippen molar-refractivity contribution in [1.82, 2.24) is 4.98 Å². The Bertz CT molecular complexity index is 642. The van der Waals surface area contributed by atoms with Crippen molar-refractivity contribution in [3.8, 4) is 6.01 Å². The summed E-state index contributed by atoms with van der Waals surface area (Å²) in [6, 6.07) is -0.545. The van der Waals surface area contributed by atoms with E-state index in [1.54, 1.807) is 0 Å². The van der Waals surface area contributed by atoms with Crippen molar-refractivity contribution in [2.45, 2.75) is 31.5 Å². The Labute approximate surface area is 123 Å². The molecule has 1 aliphatic rings. The Morgan fingerprint density at radius 2 is 2.18 bits per heavy atom. The molecule has 0 aliphatic carbocycles. The molecule has 6 N–H and O–H groups in total. The average Bonchev–Trinajstić information content (AvgIpc) is 2.77. The topological polar surface area (TPSA) is 173 Å². The van der Waals surface area contributed by atoms with E-state index in [0.717, 1.165) is 10.8 Å². The Balaban J connectivity index is 2.15. The zero-order chi connectivity index (χ0) is 16.5. The standard InChI is InChI=1S/C10H15N2O9P/c13-3-5-2-12(10(16)11-9(5)15)8-1-6(14)7(21-8)4-20-22(17,18)19/h2,6-8,13-14H,1,3-4H2,(H3,11,15,16,17,18,19)/p+1/t6-,7+,8-/m1/s1. The third kappa shape index (κ3) is 3.90. The van der Waals surface area contributed by atoms with Gasteiger partial charge in [-0.1, -0.05) is 0 Å². The Morgan fingerprint density at radius 3 is 2.77 bits per heavy atom. The van der Waals surface area contributed by atoms with Crippen LogP contribution in [0.5, 0.6) is 6.01 Å². The fraction of sp³-hybridized carbons (Fsp3) is 0.600. The first-order valence-electron chi connectivity index (χ1n) is 6.22. The van der Waals surface area contributed by atoms with Gasteiger partial charge in [0, 0.05) is 6.42 Å². The van der Waals surface area contributed by atoms with Crippen molar-refractivity contribution in [3.05, 3.63) is 22.1 Å². The minimum Gasteiger partial charge on any atom is -0.446 e. The average molecular weight is 339 g/mol. The van der Waals surface area contributed by atoms with Crippen LogP contribution in [0.1, 0.15) is 18.2 Å². The molecule has 22 heavy (non-hydrogen) atoms. The second-order valence-corrected chi connectivity index (χ2v) is 5.96. The number of rotatable bonds is 5. The Morgan fingerprint density at radius 1 is 1.50 bits per heavy atom. The first-order chi connectivity index (χ1) is 10.2. The van der Waals surface area contributed by atoms with E-state index in [1.807, 2.05) is 0 Å². The van der Waals surface area contributed by atoms with Crippen molar-refractivity contribution >= 4 is 7.82 Å². The highest BCUT2D eigenvalue weighted by molar-refractivity contribution is 7.46. The molecule has 1 aromatic rings. The van der Waals surface area contributed by atoms with Crippen LogP contribution in [-0.2, 0) is 20.4 Å². The van der Waals surface area contributed by atoms with Gasteiger partial charge in [0.2, 0.25) is 6.23 Å². The highest BCUT2D eigenvalue weighted by Crippen LogP contribution is 2.37. The van der Waals surface area contributed by atoms with Crippen LogP contribution in [0.25, 0.3) is 0 Å². The monoisotopic (exact) mass is 339 g/mol. The minimum atomic E-state index is -4.69. The number of ether oxygens (including phenoxy) is 1. The molecule has 0 saturated carbocycles. The number of nitrogens with zero attached hydrogens (tertiary/aromatic N) is 1. The third-order valence-corrected chi connectivity index (χ3v) is 3.63. The van der Waals surface area contributed by atoms with Gasteiger partial charge in [-0.2, -0.15) is 9.55 Å². The van der Waals surface area contributed by atoms with Crippen LogP contribution in [-0.4, -0.2) is 48.9 Å². The maximum atomic E-state index is 11.4. The summed E-state index contributed by atoms with van der Waals surface area (Å²) in [5.74, 6) is 0. The smallest absolute Gasteiger partial charge is 0.446 e. The van der Waals surface area contributed by atoms with Gasteiger partial charge in [-0.25, -0.2) is 9.36 Å². The second kappa shape index (κ2) is 6.42. The van der Waals surface area contributed by atoms with E-state index in [4.69, 9.17) is 19.6 Å². The van der Waals surface area contributed by atoms with Crippen molar-refractivity contribution in [2.75, 3.05) is 6.61 Å². The highest BCUT2D eigenvalue weighted by atomic mass is 31.2. The molecule has 12 heteroatoms. The second-order valence-electron chi connectivity index (χ2n) is 4.72. The lowest BCUT2D eigenvalue weighted by molar-refractivity contribution is -0.766. The number of aromatic hydroxyl groups is 1. The van der Waals surface area contributed by atoms with Crippen molar-refractivity contribution in [3.63, 3.8) is 0 Å². The molecule has 0 spiro atoms. The number of hydrogen-bond acceptors (Lipinski definition) is 7. The van der Waals surface area contributed by atoms with Gasteiger partial charge in [0.1, 0.15) is 17.9 Å². The summed E-state index contributed by atoms with van der Waals surface area (Å²) >= 11 is 0. The molecular weight excluding hydrogens is 323 g/mol. The molecule has 2 rings (SSSR count). The maximum Gasteiger partial charge on any atom is 0.469 e. The molecule has 0 unspecified atom stereocenters. The quantitative estimate of drug-likeness (QED) is 0.253. The lowest BCUT2D eigenvalue weighted by Gasteiger charge is -2.14. The maximum absolute atomic E-state index is 11.4. The summed E-state index contributed by atoms with van der Waals surface area (Å²) in [6.45, 7) is -1.10. The van der Waals surface area contributed by atoms with Crippen LogP contribution in [0, 0.1) is 0 Å². The lowest BCUT2D eigenvalue weighted by Crippen LogP contribution is -2.43. The SMILES string of the molecule is O=c1[nH]c(O)[n+]([C@H]2C[C@@H](O)[C@H](COP(=O)(O)O)O2)cc1CO. The summed E-state index contributed by atoms with van der Waals surface area (Å²) in [5.41, 5.74) is -0.693. The molecule has 1 fully saturated rings.